The molecule has 0 spiro atoms. The topological polar surface area (TPSA) is 124 Å². The van der Waals surface area contributed by atoms with Gasteiger partial charge in [0.25, 0.3) is 5.91 Å². The van der Waals surface area contributed by atoms with Crippen LogP contribution >= 0.6 is 0 Å². The van der Waals surface area contributed by atoms with Crippen LogP contribution in [0.1, 0.15) is 85.2 Å². The summed E-state index contributed by atoms with van der Waals surface area (Å²) in [6, 6.07) is 23.1. The Labute approximate surface area is 310 Å². The van der Waals surface area contributed by atoms with Crippen molar-refractivity contribution in [1.29, 1.82) is 0 Å². The molecule has 2 heterocycles. The van der Waals surface area contributed by atoms with Gasteiger partial charge in [0.15, 0.2) is 0 Å². The van der Waals surface area contributed by atoms with Crippen molar-refractivity contribution in [2.75, 3.05) is 38.5 Å². The lowest BCUT2D eigenvalue weighted by Gasteiger charge is -2.32. The van der Waals surface area contributed by atoms with Gasteiger partial charge in [0.1, 0.15) is 12.1 Å². The Hall–Kier alpha value is -5.22. The van der Waals surface area contributed by atoms with Gasteiger partial charge >= 0.3 is 5.97 Å². The van der Waals surface area contributed by atoms with E-state index in [1.54, 1.807) is 24.3 Å². The molecule has 0 unspecified atom stereocenters. The third-order valence-electron chi connectivity index (χ3n) is 11.4. The van der Waals surface area contributed by atoms with Crippen molar-refractivity contribution in [3.8, 4) is 11.3 Å². The first kappa shape index (κ1) is 36.2. The highest BCUT2D eigenvalue weighted by molar-refractivity contribution is 6.06. The summed E-state index contributed by atoms with van der Waals surface area (Å²) in [5, 5.41) is 16.1. The minimum absolute atomic E-state index is 0.0738. The summed E-state index contributed by atoms with van der Waals surface area (Å²) in [7, 11) is 2.08. The van der Waals surface area contributed by atoms with Crippen molar-refractivity contribution in [2.24, 2.45) is 0 Å². The van der Waals surface area contributed by atoms with Gasteiger partial charge in [-0.15, -0.1) is 0 Å². The van der Waals surface area contributed by atoms with Gasteiger partial charge in [-0.3, -0.25) is 14.4 Å². The number of anilines is 1. The summed E-state index contributed by atoms with van der Waals surface area (Å²) in [6.07, 6.45) is 11.0. The molecule has 0 radical (unpaired) electrons. The largest absolute Gasteiger partial charge is 0.478 e. The zero-order chi connectivity index (χ0) is 37.0. The van der Waals surface area contributed by atoms with Crippen LogP contribution in [-0.4, -0.2) is 81.9 Å². The summed E-state index contributed by atoms with van der Waals surface area (Å²) in [5.74, 6) is -1.20. The van der Waals surface area contributed by atoms with Gasteiger partial charge in [-0.25, -0.2) is 4.79 Å². The van der Waals surface area contributed by atoms with E-state index in [4.69, 9.17) is 5.11 Å². The maximum absolute atomic E-state index is 14.2. The fourth-order valence-electron chi connectivity index (χ4n) is 8.46. The second-order valence-electron chi connectivity index (χ2n) is 15.0. The standard InChI is InChI=1S/C43H49N5O5/c1-46-24-26-47(27-25-46)37(49)29-48-36-28-33(17-20-35(36)39(31-10-4-2-5-11-31)40(48)32-12-6-3-7-13-32)41(52)45-43(22-8-9-23-43)42(53)44-34-18-14-30(15-19-34)16-21-38(50)51/h3,6-7,12-21,28,31H,2,4-5,8-11,22-27,29H2,1H3,(H,44,53)(H,45,52)(H,50,51)/b21-16+. The number of aromatic nitrogens is 1. The molecule has 10 nitrogen and oxygen atoms in total. The lowest BCUT2D eigenvalue weighted by atomic mass is 9.81. The van der Waals surface area contributed by atoms with Crippen LogP contribution in [0, 0.1) is 0 Å². The molecule has 0 bridgehead atoms. The number of fused-ring (bicyclic) bond motifs is 1. The summed E-state index contributed by atoms with van der Waals surface area (Å²) in [6.45, 7) is 3.24. The monoisotopic (exact) mass is 715 g/mol. The third-order valence-corrected chi connectivity index (χ3v) is 11.4. The Morgan fingerprint density at radius 2 is 1.55 bits per heavy atom. The van der Waals surface area contributed by atoms with Crippen LogP contribution < -0.4 is 10.6 Å². The Kier molecular flexibility index (Phi) is 10.8. The number of rotatable bonds is 10. The Morgan fingerprint density at radius 3 is 2.23 bits per heavy atom. The molecule has 2 aliphatic carbocycles. The Balaban J connectivity index is 1.23. The van der Waals surface area contributed by atoms with Gasteiger partial charge in [0.2, 0.25) is 11.8 Å². The van der Waals surface area contributed by atoms with E-state index in [0.717, 1.165) is 67.0 Å². The second kappa shape index (κ2) is 15.8. The molecule has 7 rings (SSSR count). The van der Waals surface area contributed by atoms with Crippen LogP contribution in [0.4, 0.5) is 5.69 Å². The van der Waals surface area contributed by atoms with E-state index in [9.17, 15) is 19.2 Å². The van der Waals surface area contributed by atoms with E-state index < -0.39 is 11.5 Å². The fourth-order valence-corrected chi connectivity index (χ4v) is 8.46. The maximum Gasteiger partial charge on any atom is 0.328 e. The highest BCUT2D eigenvalue weighted by atomic mass is 16.4. The SMILES string of the molecule is CN1CCN(C(=O)Cn2c(-c3ccccc3)c(C3CCCCC3)c3ccc(C(=O)NC4(C(=O)Nc5ccc(/C=C/C(=O)O)cc5)CCCC4)cc32)CC1. The van der Waals surface area contributed by atoms with Gasteiger partial charge in [-0.2, -0.15) is 0 Å². The molecule has 53 heavy (non-hydrogen) atoms. The predicted molar refractivity (Wildman–Crippen MR) is 208 cm³/mol. The van der Waals surface area contributed by atoms with E-state index in [-0.39, 0.29) is 24.3 Å². The molecule has 3 N–H and O–H groups in total. The van der Waals surface area contributed by atoms with Gasteiger partial charge in [-0.1, -0.05) is 80.6 Å². The minimum Gasteiger partial charge on any atom is -0.478 e. The first-order valence-electron chi connectivity index (χ1n) is 19.0. The number of nitrogens with one attached hydrogen (secondary N) is 2. The van der Waals surface area contributed by atoms with E-state index in [1.807, 2.05) is 35.2 Å². The number of carboxylic acid groups (broad SMARTS) is 1. The molecule has 3 aliphatic rings. The molecule has 10 heteroatoms. The molecule has 3 aromatic carbocycles. The number of nitrogens with zero attached hydrogens (tertiary/aromatic N) is 3. The average Bonchev–Trinajstić information content (AvgIpc) is 3.78. The normalized spacial score (nSPS) is 18.0. The van der Waals surface area contributed by atoms with E-state index >= 15 is 0 Å². The summed E-state index contributed by atoms with van der Waals surface area (Å²) < 4.78 is 2.15. The van der Waals surface area contributed by atoms with Gasteiger partial charge in [0, 0.05) is 48.9 Å². The first-order chi connectivity index (χ1) is 25.7. The van der Waals surface area contributed by atoms with Crippen LogP contribution in [0.25, 0.3) is 28.2 Å². The van der Waals surface area contributed by atoms with Crippen molar-refractivity contribution in [2.45, 2.75) is 75.8 Å². The van der Waals surface area contributed by atoms with Crippen molar-refractivity contribution in [3.05, 3.63) is 95.6 Å². The zero-order valence-electron chi connectivity index (χ0n) is 30.5. The van der Waals surface area contributed by atoms with Crippen molar-refractivity contribution < 1.29 is 24.3 Å². The lowest BCUT2D eigenvalue weighted by Crippen LogP contribution is -2.55. The molecule has 1 saturated heterocycles. The summed E-state index contributed by atoms with van der Waals surface area (Å²) in [5.41, 5.74) is 4.89. The van der Waals surface area contributed by atoms with Crippen LogP contribution in [0.15, 0.2) is 78.9 Å². The number of carbonyl (C=O) groups is 4. The number of hydrogen-bond donors (Lipinski definition) is 3. The van der Waals surface area contributed by atoms with Crippen LogP contribution in [0.2, 0.25) is 0 Å². The number of benzene rings is 3. The molecule has 2 saturated carbocycles. The van der Waals surface area contributed by atoms with Gasteiger partial charge in [-0.05, 0) is 85.7 Å². The number of amides is 3. The van der Waals surface area contributed by atoms with Crippen LogP contribution in [0.5, 0.6) is 0 Å². The lowest BCUT2D eigenvalue weighted by molar-refractivity contribution is -0.133. The highest BCUT2D eigenvalue weighted by Gasteiger charge is 2.43. The van der Waals surface area contributed by atoms with Crippen LogP contribution in [-0.2, 0) is 20.9 Å². The Morgan fingerprint density at radius 1 is 0.849 bits per heavy atom. The number of piperazine rings is 1. The van der Waals surface area contributed by atoms with Crippen LogP contribution in [0.3, 0.4) is 0 Å². The predicted octanol–water partition coefficient (Wildman–Crippen LogP) is 6.91. The molecular formula is C43H49N5O5. The summed E-state index contributed by atoms with van der Waals surface area (Å²) >= 11 is 0. The van der Waals surface area contributed by atoms with Gasteiger partial charge in [0.05, 0.1) is 11.2 Å². The molecule has 1 aromatic heterocycles. The number of hydrogen-bond acceptors (Lipinski definition) is 5. The first-order valence-corrected chi connectivity index (χ1v) is 19.0. The zero-order valence-corrected chi connectivity index (χ0v) is 30.5. The molecule has 276 valence electrons. The maximum atomic E-state index is 14.2. The van der Waals surface area contributed by atoms with E-state index in [1.165, 1.54) is 30.9 Å². The van der Waals surface area contributed by atoms with E-state index in [2.05, 4.69) is 45.3 Å². The number of aliphatic carboxylic acids is 1. The fraction of sp³-hybridized carbons (Fsp3) is 0.395. The van der Waals surface area contributed by atoms with Crippen molar-refractivity contribution in [3.63, 3.8) is 0 Å². The third kappa shape index (κ3) is 7.93. The highest BCUT2D eigenvalue weighted by Crippen LogP contribution is 2.44. The molecule has 3 amide bonds. The van der Waals surface area contributed by atoms with Gasteiger partial charge < -0.3 is 30.1 Å². The van der Waals surface area contributed by atoms with E-state index in [0.29, 0.717) is 48.7 Å². The molecular weight excluding hydrogens is 667 g/mol. The molecule has 0 atom stereocenters. The Bertz CT molecular complexity index is 2000. The number of carbonyl (C=O) groups excluding carboxylic acids is 3. The number of carboxylic acids is 1. The molecule has 4 aromatic rings. The molecule has 1 aliphatic heterocycles. The number of likely N-dealkylation sites (N-methyl/N-ethyl adjacent to an activating group) is 1. The van der Waals surface area contributed by atoms with Crippen molar-refractivity contribution >= 4 is 46.4 Å². The second-order valence-corrected chi connectivity index (χ2v) is 15.0. The average molecular weight is 716 g/mol. The minimum atomic E-state index is -1.07. The quantitative estimate of drug-likeness (QED) is 0.154. The van der Waals surface area contributed by atoms with Crippen molar-refractivity contribution in [1.82, 2.24) is 19.7 Å². The smallest absolute Gasteiger partial charge is 0.328 e. The summed E-state index contributed by atoms with van der Waals surface area (Å²) in [4.78, 5) is 57.2. The molecule has 3 fully saturated rings.